The van der Waals surface area contributed by atoms with Gasteiger partial charge in [-0.25, -0.2) is 0 Å². The van der Waals surface area contributed by atoms with Gasteiger partial charge in [-0.1, -0.05) is 65.9 Å². The van der Waals surface area contributed by atoms with Crippen LogP contribution in [0, 0.1) is 6.92 Å². The van der Waals surface area contributed by atoms with Crippen molar-refractivity contribution in [2.45, 2.75) is 12.1 Å². The van der Waals surface area contributed by atoms with Gasteiger partial charge >= 0.3 is 0 Å². The third-order valence-electron chi connectivity index (χ3n) is 6.65. The van der Waals surface area contributed by atoms with E-state index in [4.69, 9.17) is 9.47 Å². The summed E-state index contributed by atoms with van der Waals surface area (Å²) in [6.07, 6.45) is 0. The molecule has 0 bridgehead atoms. The number of amides is 1. The van der Waals surface area contributed by atoms with Crippen molar-refractivity contribution >= 4 is 23.4 Å². The van der Waals surface area contributed by atoms with Crippen LogP contribution >= 0.6 is 11.8 Å². The number of piperazine rings is 1. The molecular weight excluding hydrogens is 498 g/mol. The van der Waals surface area contributed by atoms with Crippen LogP contribution in [0.5, 0.6) is 11.5 Å². The van der Waals surface area contributed by atoms with Crippen LogP contribution in [0.3, 0.4) is 0 Å². The summed E-state index contributed by atoms with van der Waals surface area (Å²) in [6.45, 7) is 4.88. The minimum Gasteiger partial charge on any atom is -0.495 e. The molecule has 0 spiro atoms. The Hall–Kier alpha value is -3.98. The molecule has 0 aliphatic carbocycles. The quantitative estimate of drug-likeness (QED) is 0.306. The van der Waals surface area contributed by atoms with Crippen LogP contribution in [0.1, 0.15) is 5.56 Å². The topological polar surface area (TPSA) is 72.7 Å². The van der Waals surface area contributed by atoms with Crippen LogP contribution in [-0.2, 0) is 4.79 Å². The van der Waals surface area contributed by atoms with Crippen molar-refractivity contribution in [2.75, 3.05) is 51.1 Å². The third-order valence-corrected chi connectivity index (χ3v) is 7.57. The number of hydrogen-bond acceptors (Lipinski definition) is 7. The van der Waals surface area contributed by atoms with Gasteiger partial charge in [0.2, 0.25) is 5.91 Å². The first-order chi connectivity index (χ1) is 18.6. The van der Waals surface area contributed by atoms with Crippen LogP contribution in [0.15, 0.2) is 78.0 Å². The molecule has 1 aliphatic heterocycles. The number of benzene rings is 3. The average molecular weight is 530 g/mol. The molecule has 1 aromatic heterocycles. The molecule has 196 valence electrons. The Labute approximate surface area is 227 Å². The van der Waals surface area contributed by atoms with Gasteiger partial charge in [-0.05, 0) is 31.2 Å². The summed E-state index contributed by atoms with van der Waals surface area (Å²) < 4.78 is 13.1. The van der Waals surface area contributed by atoms with Crippen molar-refractivity contribution in [1.29, 1.82) is 0 Å². The molecule has 9 heteroatoms. The number of nitrogens with zero attached hydrogens (tertiary/aromatic N) is 5. The van der Waals surface area contributed by atoms with Gasteiger partial charge in [0, 0.05) is 31.7 Å². The van der Waals surface area contributed by atoms with E-state index in [-0.39, 0.29) is 11.7 Å². The normalized spacial score (nSPS) is 13.4. The number of anilines is 1. The fourth-order valence-corrected chi connectivity index (χ4v) is 5.44. The first-order valence-electron chi connectivity index (χ1n) is 12.5. The molecule has 4 aromatic rings. The molecule has 0 atom stereocenters. The molecule has 1 saturated heterocycles. The molecule has 38 heavy (non-hydrogen) atoms. The Balaban J connectivity index is 1.32. The van der Waals surface area contributed by atoms with Crippen LogP contribution in [0.2, 0.25) is 0 Å². The van der Waals surface area contributed by atoms with Gasteiger partial charge in [-0.2, -0.15) is 0 Å². The highest BCUT2D eigenvalue weighted by atomic mass is 32.2. The van der Waals surface area contributed by atoms with E-state index >= 15 is 0 Å². The standard InChI is InChI=1S/C29H31N5O3S/c1-21-12-14-22(15-13-21)28-30-31-29(34(28)24-9-5-7-11-26(24)37-3)38-20-27(35)33-18-16-32(17-19-33)23-8-4-6-10-25(23)36-2/h4-15H,16-20H2,1-3H3. The van der Waals surface area contributed by atoms with Crippen molar-refractivity contribution < 1.29 is 14.3 Å². The molecule has 2 heterocycles. The van der Waals surface area contributed by atoms with Gasteiger partial charge in [0.05, 0.1) is 31.3 Å². The first kappa shape index (κ1) is 25.7. The summed E-state index contributed by atoms with van der Waals surface area (Å²) in [6, 6.07) is 23.9. The van der Waals surface area contributed by atoms with Crippen molar-refractivity contribution in [2.24, 2.45) is 0 Å². The molecule has 1 amide bonds. The zero-order chi connectivity index (χ0) is 26.5. The number of ether oxygens (including phenoxy) is 2. The Kier molecular flexibility index (Phi) is 7.83. The predicted octanol–water partition coefficient (Wildman–Crippen LogP) is 4.70. The summed E-state index contributed by atoms with van der Waals surface area (Å²) >= 11 is 1.39. The maximum Gasteiger partial charge on any atom is 0.233 e. The fourth-order valence-electron chi connectivity index (χ4n) is 4.59. The van der Waals surface area contributed by atoms with E-state index in [1.807, 2.05) is 64.1 Å². The van der Waals surface area contributed by atoms with Gasteiger partial charge in [-0.3, -0.25) is 9.36 Å². The van der Waals surface area contributed by atoms with Gasteiger partial charge in [0.25, 0.3) is 0 Å². The maximum absolute atomic E-state index is 13.2. The van der Waals surface area contributed by atoms with E-state index < -0.39 is 0 Å². The van der Waals surface area contributed by atoms with E-state index in [1.54, 1.807) is 14.2 Å². The molecule has 8 nitrogen and oxygen atoms in total. The predicted molar refractivity (Wildman–Crippen MR) is 151 cm³/mol. The Morgan fingerprint density at radius 2 is 1.42 bits per heavy atom. The highest BCUT2D eigenvalue weighted by Gasteiger charge is 2.25. The second-order valence-corrected chi connectivity index (χ2v) is 9.95. The van der Waals surface area contributed by atoms with E-state index in [0.29, 0.717) is 29.8 Å². The second kappa shape index (κ2) is 11.6. The summed E-state index contributed by atoms with van der Waals surface area (Å²) in [5.41, 5.74) is 4.00. The molecule has 1 fully saturated rings. The minimum absolute atomic E-state index is 0.0844. The number of carbonyl (C=O) groups is 1. The lowest BCUT2D eigenvalue weighted by Gasteiger charge is -2.36. The summed E-state index contributed by atoms with van der Waals surface area (Å²) in [5, 5.41) is 9.64. The SMILES string of the molecule is COc1ccccc1N1CCN(C(=O)CSc2nnc(-c3ccc(C)cc3)n2-c2ccccc2OC)CC1. The number of aromatic nitrogens is 3. The maximum atomic E-state index is 13.2. The molecule has 3 aromatic carbocycles. The third kappa shape index (κ3) is 5.33. The fraction of sp³-hybridized carbons (Fsp3) is 0.276. The van der Waals surface area contributed by atoms with E-state index in [1.165, 1.54) is 17.3 Å². The van der Waals surface area contributed by atoms with Gasteiger partial charge in [0.15, 0.2) is 11.0 Å². The Morgan fingerprint density at radius 3 is 2.08 bits per heavy atom. The molecular formula is C29H31N5O3S. The lowest BCUT2D eigenvalue weighted by Crippen LogP contribution is -2.49. The van der Waals surface area contributed by atoms with Crippen LogP contribution in [-0.4, -0.2) is 71.7 Å². The largest absolute Gasteiger partial charge is 0.495 e. The van der Waals surface area contributed by atoms with E-state index in [0.717, 1.165) is 35.8 Å². The molecule has 0 unspecified atom stereocenters. The highest BCUT2D eigenvalue weighted by molar-refractivity contribution is 7.99. The molecule has 5 rings (SSSR count). The number of thioether (sulfide) groups is 1. The second-order valence-electron chi connectivity index (χ2n) is 9.01. The molecule has 0 saturated carbocycles. The van der Waals surface area contributed by atoms with Crippen LogP contribution < -0.4 is 14.4 Å². The van der Waals surface area contributed by atoms with Crippen molar-refractivity contribution in [1.82, 2.24) is 19.7 Å². The first-order valence-corrected chi connectivity index (χ1v) is 13.5. The lowest BCUT2D eigenvalue weighted by molar-refractivity contribution is -0.128. The number of carbonyl (C=O) groups excluding carboxylic acids is 1. The Bertz CT molecular complexity index is 1400. The van der Waals surface area contributed by atoms with Crippen LogP contribution in [0.4, 0.5) is 5.69 Å². The van der Waals surface area contributed by atoms with Crippen molar-refractivity contribution in [3.05, 3.63) is 78.4 Å². The number of hydrogen-bond donors (Lipinski definition) is 0. The Morgan fingerprint density at radius 1 is 0.816 bits per heavy atom. The summed E-state index contributed by atoms with van der Waals surface area (Å²) in [4.78, 5) is 17.4. The summed E-state index contributed by atoms with van der Waals surface area (Å²) in [5.74, 6) is 2.62. The smallest absolute Gasteiger partial charge is 0.233 e. The van der Waals surface area contributed by atoms with Crippen molar-refractivity contribution in [3.8, 4) is 28.6 Å². The number of rotatable bonds is 8. The van der Waals surface area contributed by atoms with Gasteiger partial charge in [0.1, 0.15) is 11.5 Å². The summed E-state index contributed by atoms with van der Waals surface area (Å²) in [7, 11) is 3.33. The average Bonchev–Trinajstić information content (AvgIpc) is 3.40. The minimum atomic E-state index is 0.0844. The number of para-hydroxylation sites is 4. The zero-order valence-corrected chi connectivity index (χ0v) is 22.6. The molecule has 0 N–H and O–H groups in total. The molecule has 0 radical (unpaired) electrons. The van der Waals surface area contributed by atoms with Crippen molar-refractivity contribution in [3.63, 3.8) is 0 Å². The molecule has 1 aliphatic rings. The zero-order valence-electron chi connectivity index (χ0n) is 21.8. The van der Waals surface area contributed by atoms with Gasteiger partial charge in [-0.15, -0.1) is 10.2 Å². The van der Waals surface area contributed by atoms with Gasteiger partial charge < -0.3 is 19.3 Å². The lowest BCUT2D eigenvalue weighted by atomic mass is 10.1. The van der Waals surface area contributed by atoms with E-state index in [9.17, 15) is 4.79 Å². The monoisotopic (exact) mass is 529 g/mol. The highest BCUT2D eigenvalue weighted by Crippen LogP contribution is 2.33. The van der Waals surface area contributed by atoms with E-state index in [2.05, 4.69) is 40.2 Å². The number of methoxy groups -OCH3 is 2. The van der Waals surface area contributed by atoms with Crippen LogP contribution in [0.25, 0.3) is 17.1 Å². The number of aryl methyl sites for hydroxylation is 1.